The molecule has 3 N–H and O–H groups in total. The average Bonchev–Trinajstić information content (AvgIpc) is 3.09. The predicted octanol–water partition coefficient (Wildman–Crippen LogP) is 2.99. The number of halogens is 1. The molecule has 2 fully saturated rings. The number of hydrogen-bond donors (Lipinski definition) is 2. The fourth-order valence-electron chi connectivity index (χ4n) is 3.54. The van der Waals surface area contributed by atoms with Crippen molar-refractivity contribution in [2.24, 2.45) is 11.7 Å². The van der Waals surface area contributed by atoms with Gasteiger partial charge in [-0.15, -0.1) is 0 Å². The molecule has 1 saturated heterocycles. The topological polar surface area (TPSA) is 58.4 Å². The summed E-state index contributed by atoms with van der Waals surface area (Å²) in [7, 11) is 0. The highest BCUT2D eigenvalue weighted by molar-refractivity contribution is 5.95. The van der Waals surface area contributed by atoms with Crippen LogP contribution in [0.1, 0.15) is 48.9 Å². The minimum atomic E-state index is -0.434. The highest BCUT2D eigenvalue weighted by Gasteiger charge is 2.23. The Morgan fingerprint density at radius 1 is 1.22 bits per heavy atom. The maximum atomic E-state index is 14.0. The quantitative estimate of drug-likeness (QED) is 0.897. The van der Waals surface area contributed by atoms with Crippen LogP contribution in [0.25, 0.3) is 0 Å². The Morgan fingerprint density at radius 3 is 2.61 bits per heavy atom. The van der Waals surface area contributed by atoms with Gasteiger partial charge in [-0.05, 0) is 62.6 Å². The number of carbonyl (C=O) groups excluding carboxylic acids is 1. The number of nitrogens with two attached hydrogens (primary N) is 1. The molecule has 1 saturated carbocycles. The fourth-order valence-corrected chi connectivity index (χ4v) is 3.54. The summed E-state index contributed by atoms with van der Waals surface area (Å²) in [5, 5.41) is 3.36. The molecule has 1 aromatic rings. The van der Waals surface area contributed by atoms with Crippen LogP contribution in [0, 0.1) is 11.7 Å². The van der Waals surface area contributed by atoms with E-state index in [-0.39, 0.29) is 11.5 Å². The molecule has 0 bridgehead atoms. The molecule has 126 valence electrons. The second-order valence-electron chi connectivity index (χ2n) is 6.86. The third-order valence-corrected chi connectivity index (χ3v) is 5.08. The van der Waals surface area contributed by atoms with E-state index in [1.54, 1.807) is 17.0 Å². The molecule has 1 aliphatic heterocycles. The summed E-state index contributed by atoms with van der Waals surface area (Å²) in [6.07, 6.45) is 6.44. The molecule has 0 unspecified atom stereocenters. The van der Waals surface area contributed by atoms with Crippen LogP contribution < -0.4 is 11.1 Å². The number of anilines is 1. The summed E-state index contributed by atoms with van der Waals surface area (Å²) in [4.78, 5) is 14.1. The standard InChI is InChI=1S/C18H26FN3O/c19-17-8-7-15(21-12-13-3-5-14(20)6-4-13)11-16(17)18(23)22-9-1-2-10-22/h7-8,11,13-14,21H,1-6,9-10,12,20H2/t13-,14-. The van der Waals surface area contributed by atoms with Gasteiger partial charge in [0, 0.05) is 31.4 Å². The SMILES string of the molecule is N[C@H]1CC[C@H](CNc2ccc(F)c(C(=O)N3CCCC3)c2)CC1. The van der Waals surface area contributed by atoms with Gasteiger partial charge in [-0.3, -0.25) is 4.79 Å². The molecule has 1 heterocycles. The van der Waals surface area contributed by atoms with E-state index in [0.717, 1.165) is 63.8 Å². The first kappa shape index (κ1) is 16.2. The van der Waals surface area contributed by atoms with Crippen molar-refractivity contribution < 1.29 is 9.18 Å². The summed E-state index contributed by atoms with van der Waals surface area (Å²) in [6.45, 7) is 2.33. The van der Waals surface area contributed by atoms with Gasteiger partial charge in [0.2, 0.25) is 0 Å². The molecule has 23 heavy (non-hydrogen) atoms. The van der Waals surface area contributed by atoms with E-state index in [2.05, 4.69) is 5.32 Å². The first-order valence-electron chi connectivity index (χ1n) is 8.72. The second kappa shape index (κ2) is 7.30. The van der Waals surface area contributed by atoms with E-state index in [1.807, 2.05) is 0 Å². The van der Waals surface area contributed by atoms with Crippen molar-refractivity contribution in [3.63, 3.8) is 0 Å². The predicted molar refractivity (Wildman–Crippen MR) is 90.0 cm³/mol. The summed E-state index contributed by atoms with van der Waals surface area (Å²) in [6, 6.07) is 5.11. The molecule has 0 aromatic heterocycles. The number of nitrogens with zero attached hydrogens (tertiary/aromatic N) is 1. The third-order valence-electron chi connectivity index (χ3n) is 5.08. The Kier molecular flexibility index (Phi) is 5.16. The van der Waals surface area contributed by atoms with Crippen LogP contribution in [0.2, 0.25) is 0 Å². The smallest absolute Gasteiger partial charge is 0.256 e. The normalized spacial score (nSPS) is 24.7. The van der Waals surface area contributed by atoms with Crippen molar-refractivity contribution >= 4 is 11.6 Å². The van der Waals surface area contributed by atoms with Crippen LogP contribution in [0.5, 0.6) is 0 Å². The van der Waals surface area contributed by atoms with Crippen molar-refractivity contribution in [2.45, 2.75) is 44.6 Å². The van der Waals surface area contributed by atoms with Gasteiger partial charge >= 0.3 is 0 Å². The van der Waals surface area contributed by atoms with E-state index in [4.69, 9.17) is 5.73 Å². The number of benzene rings is 1. The van der Waals surface area contributed by atoms with Crippen LogP contribution in [0.15, 0.2) is 18.2 Å². The lowest BCUT2D eigenvalue weighted by Gasteiger charge is -2.26. The maximum absolute atomic E-state index is 14.0. The molecular formula is C18H26FN3O. The molecule has 5 heteroatoms. The number of likely N-dealkylation sites (tertiary alicyclic amines) is 1. The third kappa shape index (κ3) is 4.02. The number of nitrogens with one attached hydrogen (secondary N) is 1. The van der Waals surface area contributed by atoms with E-state index < -0.39 is 5.82 Å². The maximum Gasteiger partial charge on any atom is 0.256 e. The lowest BCUT2D eigenvalue weighted by atomic mass is 9.86. The Bertz CT molecular complexity index is 549. The molecule has 4 nitrogen and oxygen atoms in total. The van der Waals surface area contributed by atoms with Gasteiger partial charge in [-0.25, -0.2) is 4.39 Å². The summed E-state index contributed by atoms with van der Waals surface area (Å²) in [5.41, 5.74) is 6.94. The van der Waals surface area contributed by atoms with Crippen molar-refractivity contribution in [2.75, 3.05) is 25.0 Å². The molecule has 0 radical (unpaired) electrons. The van der Waals surface area contributed by atoms with Gasteiger partial charge < -0.3 is 16.0 Å². The molecule has 3 rings (SSSR count). The van der Waals surface area contributed by atoms with Crippen molar-refractivity contribution in [1.82, 2.24) is 4.90 Å². The molecular weight excluding hydrogens is 293 g/mol. The first-order chi connectivity index (χ1) is 11.1. The zero-order valence-corrected chi connectivity index (χ0v) is 13.6. The number of carbonyl (C=O) groups is 1. The van der Waals surface area contributed by atoms with Crippen LogP contribution >= 0.6 is 0 Å². The Balaban J connectivity index is 1.62. The van der Waals surface area contributed by atoms with E-state index in [9.17, 15) is 9.18 Å². The van der Waals surface area contributed by atoms with Gasteiger partial charge in [0.05, 0.1) is 5.56 Å². The minimum Gasteiger partial charge on any atom is -0.385 e. The fraction of sp³-hybridized carbons (Fsp3) is 0.611. The lowest BCUT2D eigenvalue weighted by Crippen LogP contribution is -2.29. The van der Waals surface area contributed by atoms with Gasteiger partial charge in [0.1, 0.15) is 5.82 Å². The van der Waals surface area contributed by atoms with E-state index in [0.29, 0.717) is 12.0 Å². The van der Waals surface area contributed by atoms with Crippen LogP contribution in [-0.2, 0) is 0 Å². The molecule has 1 aromatic carbocycles. The monoisotopic (exact) mass is 319 g/mol. The Hall–Kier alpha value is -1.62. The molecule has 0 spiro atoms. The van der Waals surface area contributed by atoms with Crippen LogP contribution in [0.3, 0.4) is 0 Å². The average molecular weight is 319 g/mol. The zero-order valence-electron chi connectivity index (χ0n) is 13.6. The van der Waals surface area contributed by atoms with Gasteiger partial charge in [-0.2, -0.15) is 0 Å². The van der Waals surface area contributed by atoms with E-state index in [1.165, 1.54) is 6.07 Å². The summed E-state index contributed by atoms with van der Waals surface area (Å²) < 4.78 is 14.0. The molecule has 1 amide bonds. The van der Waals surface area contributed by atoms with Gasteiger partial charge in [0.15, 0.2) is 0 Å². The summed E-state index contributed by atoms with van der Waals surface area (Å²) >= 11 is 0. The van der Waals surface area contributed by atoms with Crippen LogP contribution in [-0.4, -0.2) is 36.5 Å². The molecule has 1 aliphatic carbocycles. The molecule has 2 aliphatic rings. The van der Waals surface area contributed by atoms with Gasteiger partial charge in [-0.1, -0.05) is 0 Å². The zero-order chi connectivity index (χ0) is 16.2. The Morgan fingerprint density at radius 2 is 1.91 bits per heavy atom. The highest BCUT2D eigenvalue weighted by atomic mass is 19.1. The highest BCUT2D eigenvalue weighted by Crippen LogP contribution is 2.24. The number of amides is 1. The minimum absolute atomic E-state index is 0.183. The Labute approximate surface area is 137 Å². The van der Waals surface area contributed by atoms with E-state index >= 15 is 0 Å². The largest absolute Gasteiger partial charge is 0.385 e. The number of hydrogen-bond acceptors (Lipinski definition) is 3. The second-order valence-corrected chi connectivity index (χ2v) is 6.86. The number of rotatable bonds is 4. The van der Waals surface area contributed by atoms with Crippen molar-refractivity contribution in [3.8, 4) is 0 Å². The first-order valence-corrected chi connectivity index (χ1v) is 8.72. The van der Waals surface area contributed by atoms with Crippen molar-refractivity contribution in [1.29, 1.82) is 0 Å². The van der Waals surface area contributed by atoms with Crippen LogP contribution in [0.4, 0.5) is 10.1 Å². The molecule has 0 atom stereocenters. The lowest BCUT2D eigenvalue weighted by molar-refractivity contribution is 0.0788. The summed E-state index contributed by atoms with van der Waals surface area (Å²) in [5.74, 6) is -0.0130. The van der Waals surface area contributed by atoms with Gasteiger partial charge in [0.25, 0.3) is 5.91 Å². The van der Waals surface area contributed by atoms with Crippen molar-refractivity contribution in [3.05, 3.63) is 29.6 Å².